The Bertz CT molecular complexity index is 216. The molecule has 0 amide bonds. The van der Waals surface area contributed by atoms with Crippen LogP contribution in [0.1, 0.15) is 32.1 Å². The molecule has 3 rings (SSSR count). The van der Waals surface area contributed by atoms with Crippen LogP contribution < -0.4 is 5.73 Å². The second-order valence-electron chi connectivity index (χ2n) is 4.47. The van der Waals surface area contributed by atoms with Gasteiger partial charge in [-0.2, -0.15) is 0 Å². The Labute approximate surface area is 90.5 Å². The van der Waals surface area contributed by atoms with Crippen LogP contribution in [-0.2, 0) is 4.79 Å². The Morgan fingerprint density at radius 3 is 2.36 bits per heavy atom. The molecule has 2 bridgehead atoms. The number of nitrogens with two attached hydrogens (primary N) is 1. The molecule has 3 aliphatic rings. The molecule has 0 aromatic carbocycles. The van der Waals surface area contributed by atoms with Gasteiger partial charge in [0, 0.05) is 6.04 Å². The molecule has 0 aromatic rings. The summed E-state index contributed by atoms with van der Waals surface area (Å²) in [5, 5.41) is 9.08. The third kappa shape index (κ3) is 1.89. The second-order valence-corrected chi connectivity index (χ2v) is 4.47. The number of hydrogen-bond acceptors (Lipinski definition) is 2. The van der Waals surface area contributed by atoms with Crippen LogP contribution in [-0.4, -0.2) is 17.1 Å². The average molecular weight is 220 g/mol. The minimum Gasteiger partial charge on any atom is -0.481 e. The fraction of sp³-hybridized carbons (Fsp3) is 0.900. The number of fused-ring (bicyclic) bond motifs is 4. The molecule has 0 radical (unpaired) electrons. The van der Waals surface area contributed by atoms with Gasteiger partial charge in [0.15, 0.2) is 0 Å². The van der Waals surface area contributed by atoms with E-state index in [0.29, 0.717) is 11.8 Å². The van der Waals surface area contributed by atoms with Gasteiger partial charge in [-0.15, -0.1) is 12.4 Å². The predicted molar refractivity (Wildman–Crippen MR) is 56.4 cm³/mol. The lowest BCUT2D eigenvalue weighted by Crippen LogP contribution is -2.47. The number of carboxylic acid groups (broad SMARTS) is 1. The van der Waals surface area contributed by atoms with Crippen LogP contribution in [0.2, 0.25) is 0 Å². The smallest absolute Gasteiger partial charge is 0.308 e. The molecule has 0 spiro atoms. The summed E-state index contributed by atoms with van der Waals surface area (Å²) >= 11 is 0. The molecule has 3 fully saturated rings. The van der Waals surface area contributed by atoms with Crippen molar-refractivity contribution < 1.29 is 9.90 Å². The van der Waals surface area contributed by atoms with Crippen molar-refractivity contribution in [1.82, 2.24) is 0 Å². The first-order chi connectivity index (χ1) is 6.20. The zero-order valence-corrected chi connectivity index (χ0v) is 9.00. The summed E-state index contributed by atoms with van der Waals surface area (Å²) < 4.78 is 0. The Morgan fingerprint density at radius 1 is 1.14 bits per heavy atom. The molecule has 3 aliphatic carbocycles. The first kappa shape index (κ1) is 11.8. The van der Waals surface area contributed by atoms with E-state index in [0.717, 1.165) is 25.7 Å². The molecular formula is C10H18ClNO2. The summed E-state index contributed by atoms with van der Waals surface area (Å²) in [5.41, 5.74) is 5.98. The highest BCUT2D eigenvalue weighted by molar-refractivity contribution is 5.85. The molecule has 0 aliphatic heterocycles. The molecule has 0 aromatic heterocycles. The van der Waals surface area contributed by atoms with Gasteiger partial charge in [0.05, 0.1) is 5.92 Å². The van der Waals surface area contributed by atoms with E-state index in [1.807, 2.05) is 0 Å². The molecule has 0 heterocycles. The van der Waals surface area contributed by atoms with Gasteiger partial charge in [0.1, 0.15) is 0 Å². The molecule has 4 atom stereocenters. The van der Waals surface area contributed by atoms with Crippen LogP contribution >= 0.6 is 12.4 Å². The molecule has 3 saturated carbocycles. The highest BCUT2D eigenvalue weighted by Gasteiger charge is 2.43. The zero-order valence-electron chi connectivity index (χ0n) is 8.19. The molecular weight excluding hydrogens is 202 g/mol. The first-order valence-electron chi connectivity index (χ1n) is 5.18. The van der Waals surface area contributed by atoms with Gasteiger partial charge in [0.25, 0.3) is 0 Å². The maximum Gasteiger partial charge on any atom is 0.308 e. The van der Waals surface area contributed by atoms with E-state index in [4.69, 9.17) is 10.8 Å². The number of carboxylic acids is 1. The van der Waals surface area contributed by atoms with Crippen molar-refractivity contribution in [2.45, 2.75) is 38.1 Å². The fourth-order valence-corrected chi connectivity index (χ4v) is 3.08. The van der Waals surface area contributed by atoms with Crippen LogP contribution in [0.15, 0.2) is 0 Å². The SMILES string of the molecule is Cl.NC1C2CCCC(CC2)C1C(=O)O. The van der Waals surface area contributed by atoms with E-state index in [1.165, 1.54) is 6.42 Å². The molecule has 4 heteroatoms. The molecule has 3 N–H and O–H groups in total. The number of carbonyl (C=O) groups is 1. The van der Waals surface area contributed by atoms with E-state index in [2.05, 4.69) is 0 Å². The summed E-state index contributed by atoms with van der Waals surface area (Å²) in [6.45, 7) is 0. The van der Waals surface area contributed by atoms with E-state index in [9.17, 15) is 4.79 Å². The second kappa shape index (κ2) is 4.49. The van der Waals surface area contributed by atoms with Crippen molar-refractivity contribution >= 4 is 18.4 Å². The lowest BCUT2D eigenvalue weighted by molar-refractivity contribution is -0.146. The molecule has 3 nitrogen and oxygen atoms in total. The molecule has 82 valence electrons. The van der Waals surface area contributed by atoms with Gasteiger partial charge >= 0.3 is 5.97 Å². The third-order valence-electron chi connectivity index (χ3n) is 3.81. The lowest BCUT2D eigenvalue weighted by Gasteiger charge is -2.35. The standard InChI is InChI=1S/C10H17NO2.ClH/c11-9-7-3-1-2-6(4-5-7)8(9)10(12)13;/h6-9H,1-5,11H2,(H,12,13);1H. The predicted octanol–water partition coefficient (Wildman–Crippen LogP) is 1.65. The van der Waals surface area contributed by atoms with Gasteiger partial charge in [-0.05, 0) is 37.5 Å². The van der Waals surface area contributed by atoms with Crippen LogP contribution in [0.5, 0.6) is 0 Å². The van der Waals surface area contributed by atoms with Crippen molar-refractivity contribution in [3.63, 3.8) is 0 Å². The van der Waals surface area contributed by atoms with Crippen molar-refractivity contribution in [2.75, 3.05) is 0 Å². The van der Waals surface area contributed by atoms with Crippen LogP contribution in [0.3, 0.4) is 0 Å². The maximum absolute atomic E-state index is 11.0. The molecule has 0 saturated heterocycles. The van der Waals surface area contributed by atoms with Gasteiger partial charge in [-0.25, -0.2) is 0 Å². The summed E-state index contributed by atoms with van der Waals surface area (Å²) in [4.78, 5) is 11.0. The van der Waals surface area contributed by atoms with Crippen molar-refractivity contribution in [3.8, 4) is 0 Å². The van der Waals surface area contributed by atoms with E-state index in [-0.39, 0.29) is 24.4 Å². The monoisotopic (exact) mass is 219 g/mol. The van der Waals surface area contributed by atoms with Gasteiger partial charge in [-0.3, -0.25) is 4.79 Å². The summed E-state index contributed by atoms with van der Waals surface area (Å²) in [7, 11) is 0. The Kier molecular flexibility index (Phi) is 3.78. The van der Waals surface area contributed by atoms with Crippen LogP contribution in [0.4, 0.5) is 0 Å². The summed E-state index contributed by atoms with van der Waals surface area (Å²) in [5.74, 6) is -0.114. The van der Waals surface area contributed by atoms with Crippen molar-refractivity contribution in [2.24, 2.45) is 23.5 Å². The van der Waals surface area contributed by atoms with E-state index < -0.39 is 5.97 Å². The Morgan fingerprint density at radius 2 is 1.71 bits per heavy atom. The van der Waals surface area contributed by atoms with Gasteiger partial charge in [-0.1, -0.05) is 6.42 Å². The fourth-order valence-electron chi connectivity index (χ4n) is 3.08. The van der Waals surface area contributed by atoms with Crippen LogP contribution in [0, 0.1) is 17.8 Å². The normalized spacial score (nSPS) is 41.2. The maximum atomic E-state index is 11.0. The van der Waals surface area contributed by atoms with Crippen LogP contribution in [0.25, 0.3) is 0 Å². The summed E-state index contributed by atoms with van der Waals surface area (Å²) in [6, 6.07) is -0.0845. The van der Waals surface area contributed by atoms with Crippen molar-refractivity contribution in [1.29, 1.82) is 0 Å². The van der Waals surface area contributed by atoms with E-state index in [1.54, 1.807) is 0 Å². The summed E-state index contributed by atoms with van der Waals surface area (Å²) in [6.07, 6.45) is 5.61. The van der Waals surface area contributed by atoms with Gasteiger partial charge in [0.2, 0.25) is 0 Å². The van der Waals surface area contributed by atoms with E-state index >= 15 is 0 Å². The van der Waals surface area contributed by atoms with Gasteiger partial charge < -0.3 is 10.8 Å². The first-order valence-corrected chi connectivity index (χ1v) is 5.18. The minimum atomic E-state index is -0.677. The average Bonchev–Trinajstić information content (AvgIpc) is 2.36. The Hall–Kier alpha value is -0.280. The third-order valence-corrected chi connectivity index (χ3v) is 3.81. The number of aliphatic carboxylic acids is 1. The Balaban J connectivity index is 0.000000980. The molecule has 4 unspecified atom stereocenters. The highest BCUT2D eigenvalue weighted by atomic mass is 35.5. The largest absolute Gasteiger partial charge is 0.481 e. The number of rotatable bonds is 1. The zero-order chi connectivity index (χ0) is 9.42. The topological polar surface area (TPSA) is 63.3 Å². The highest BCUT2D eigenvalue weighted by Crippen LogP contribution is 2.42. The van der Waals surface area contributed by atoms with Crippen molar-refractivity contribution in [3.05, 3.63) is 0 Å². The molecule has 14 heavy (non-hydrogen) atoms. The number of hydrogen-bond donors (Lipinski definition) is 2. The number of halogens is 1. The minimum absolute atomic E-state index is 0. The quantitative estimate of drug-likeness (QED) is 0.705. The lowest BCUT2D eigenvalue weighted by atomic mass is 9.72.